The third kappa shape index (κ3) is 11.6. The number of hydrogen-bond donors (Lipinski definition) is 3. The second kappa shape index (κ2) is 21.6. The number of esters is 4. The molecule has 0 aromatic heterocycles. The molecule has 1 heterocycles. The molecule has 0 unspecified atom stereocenters. The fourth-order valence-corrected chi connectivity index (χ4v) is 14.2. The predicted octanol–water partition coefficient (Wildman–Crippen LogP) is 6.39. The minimum absolute atomic E-state index is 0.0340. The molecule has 3 N–H and O–H groups in total. The molecule has 1 amide bonds. The van der Waals surface area contributed by atoms with Crippen LogP contribution in [0.5, 0.6) is 0 Å². The van der Waals surface area contributed by atoms with Gasteiger partial charge in [0.25, 0.3) is 11.9 Å². The van der Waals surface area contributed by atoms with Gasteiger partial charge in [-0.25, -0.2) is 9.59 Å². The lowest BCUT2D eigenvalue weighted by Gasteiger charge is -2.67. The molecule has 4 aliphatic rings. The van der Waals surface area contributed by atoms with Gasteiger partial charge in [-0.2, -0.15) is 0 Å². The molecule has 1 saturated heterocycles. The number of fused-ring (bicyclic) bond motifs is 5. The van der Waals surface area contributed by atoms with Gasteiger partial charge in [-0.15, -0.1) is 0 Å². The van der Waals surface area contributed by atoms with Gasteiger partial charge in [0.2, 0.25) is 0 Å². The first-order chi connectivity index (χ1) is 35.8. The summed E-state index contributed by atoms with van der Waals surface area (Å²) in [6.07, 6.45) is -11.1. The van der Waals surface area contributed by atoms with Gasteiger partial charge in [-0.3, -0.25) is 24.0 Å². The maximum Gasteiger partial charge on any atom is 0.753 e. The molecule has 7 rings (SSSR count). The molecule has 0 radical (unpaired) electrons. The molecule has 3 aromatic carbocycles. The van der Waals surface area contributed by atoms with Crippen LogP contribution in [0, 0.1) is 16.7 Å². The lowest BCUT2D eigenvalue weighted by atomic mass is 9.44. The van der Waals surface area contributed by atoms with Crippen molar-refractivity contribution in [1.82, 2.24) is 5.32 Å². The minimum atomic E-state index is -5.00. The van der Waals surface area contributed by atoms with Crippen molar-refractivity contribution >= 4 is 50.6 Å². The van der Waals surface area contributed by atoms with E-state index in [0.717, 1.165) is 20.8 Å². The van der Waals surface area contributed by atoms with Crippen LogP contribution in [0.1, 0.15) is 135 Å². The molecule has 2 bridgehead atoms. The van der Waals surface area contributed by atoms with E-state index in [1.54, 1.807) is 134 Å². The Morgan fingerprint density at radius 2 is 1.30 bits per heavy atom. The molecule has 2 saturated carbocycles. The van der Waals surface area contributed by atoms with Gasteiger partial charge < -0.3 is 56.9 Å². The second-order valence-electron chi connectivity index (χ2n) is 23.0. The van der Waals surface area contributed by atoms with Crippen molar-refractivity contribution < 1.29 is 85.2 Å². The number of hydrogen-bond acceptors (Lipinski definition) is 18. The number of amides is 1. The predicted molar refractivity (Wildman–Crippen MR) is 276 cm³/mol. The second-order valence-corrected chi connectivity index (χ2v) is 24.8. The average Bonchev–Trinajstić information content (AvgIpc) is 3.44. The van der Waals surface area contributed by atoms with Crippen LogP contribution in [0.4, 0.5) is 0 Å². The number of carbonyl (C=O) groups excluding carboxylic acids is 7. The smallest absolute Gasteiger partial charge is 0.456 e. The molecule has 3 aliphatic carbocycles. The van der Waals surface area contributed by atoms with Crippen LogP contribution < -0.4 is 5.32 Å². The maximum absolute atomic E-state index is 15.9. The summed E-state index contributed by atoms with van der Waals surface area (Å²) in [6, 6.07) is 22.7. The normalized spacial score (nSPS) is 28.6. The van der Waals surface area contributed by atoms with E-state index >= 15 is 9.59 Å². The Morgan fingerprint density at radius 1 is 0.753 bits per heavy atom. The van der Waals surface area contributed by atoms with E-state index < -0.39 is 139 Å². The third-order valence-corrected chi connectivity index (χ3v) is 17.7. The molecule has 19 nitrogen and oxygen atoms in total. The van der Waals surface area contributed by atoms with Gasteiger partial charge in [-0.1, -0.05) is 80.6 Å². The largest absolute Gasteiger partial charge is 0.753 e. The molecular formula is C57H71NO18Si. The van der Waals surface area contributed by atoms with Crippen molar-refractivity contribution in [2.75, 3.05) is 6.61 Å². The van der Waals surface area contributed by atoms with Gasteiger partial charge >= 0.3 is 32.9 Å². The van der Waals surface area contributed by atoms with Crippen LogP contribution >= 0.6 is 0 Å². The zero-order chi connectivity index (χ0) is 56.8. The van der Waals surface area contributed by atoms with Crippen LogP contribution in [0.15, 0.2) is 102 Å². The topological polar surface area (TPSA) is 255 Å². The van der Waals surface area contributed by atoms with Crippen LogP contribution in [0.2, 0.25) is 0 Å². The highest BCUT2D eigenvalue weighted by atomic mass is 28.4. The summed E-state index contributed by atoms with van der Waals surface area (Å²) >= 11 is 0. The van der Waals surface area contributed by atoms with E-state index in [1.165, 1.54) is 26.0 Å². The molecule has 11 atom stereocenters. The number of ether oxygens (including phenoxy) is 5. The third-order valence-electron chi connectivity index (χ3n) is 14.9. The fourth-order valence-electron chi connectivity index (χ4n) is 11.5. The van der Waals surface area contributed by atoms with Gasteiger partial charge in [-0.05, 0) is 96.4 Å². The zero-order valence-corrected chi connectivity index (χ0v) is 46.8. The summed E-state index contributed by atoms with van der Waals surface area (Å²) in [4.78, 5) is 101. The molecule has 416 valence electrons. The van der Waals surface area contributed by atoms with Crippen molar-refractivity contribution in [2.24, 2.45) is 16.7 Å². The van der Waals surface area contributed by atoms with Crippen LogP contribution in [-0.4, -0.2) is 126 Å². The Kier molecular flexibility index (Phi) is 16.4. The Balaban J connectivity index is 1.49. The summed E-state index contributed by atoms with van der Waals surface area (Å²) in [5.74, 6) is -8.06. The number of rotatable bonds is 15. The van der Waals surface area contributed by atoms with E-state index in [2.05, 4.69) is 5.32 Å². The average molecular weight is 1090 g/mol. The first-order valence-corrected chi connectivity index (χ1v) is 27.2. The summed E-state index contributed by atoms with van der Waals surface area (Å²) in [5.41, 5.74) is -10.0. The Morgan fingerprint density at radius 3 is 1.79 bits per heavy atom. The summed E-state index contributed by atoms with van der Waals surface area (Å²) in [7, 11) is -5.00. The lowest BCUT2D eigenvalue weighted by molar-refractivity contribution is -0.346. The van der Waals surface area contributed by atoms with Gasteiger partial charge in [0.15, 0.2) is 23.6 Å². The number of carbonyl (C=O) groups is 7. The van der Waals surface area contributed by atoms with Crippen LogP contribution in [-0.2, 0) is 65.4 Å². The summed E-state index contributed by atoms with van der Waals surface area (Å²) < 4.78 is 56.9. The summed E-state index contributed by atoms with van der Waals surface area (Å²) in [5, 5.41) is 29.4. The highest BCUT2D eigenvalue weighted by Gasteiger charge is 2.78. The van der Waals surface area contributed by atoms with Crippen molar-refractivity contribution in [2.45, 2.75) is 168 Å². The quantitative estimate of drug-likeness (QED) is 0.0645. The standard InChI is InChI=1S/C57H71NO18Si/c1-32-39(70-51(66)45(74-77(73-35(4)61,75-52(5,6)7)76-53(8,9)10)43(36-23-17-14-18-24-36)58-49(64)37-25-19-15-20-26-37)30-57(67)48(71-50(65)38-27-21-16-22-28-38)46-55(13,40(62)29-41-56(46,31-68-41)72-34(3)60)47(63)44(69-33(2)59)42(32)54(57,11)12/h14-28,39-41,43-46,48,62,67H,29-31H2,1-13H3,(H,58,64)/t39-,40-,41+,43-,44+,45+,46-,48-,55+,56-,57+/m0/s1. The van der Waals surface area contributed by atoms with Gasteiger partial charge in [0.1, 0.15) is 23.9 Å². The molecular weight excluding hydrogens is 1010 g/mol. The number of aliphatic hydroxyl groups excluding tert-OH is 1. The van der Waals surface area contributed by atoms with E-state index in [4.69, 9.17) is 41.4 Å². The van der Waals surface area contributed by atoms with Crippen molar-refractivity contribution in [3.05, 3.63) is 119 Å². The van der Waals surface area contributed by atoms with E-state index in [9.17, 15) is 34.2 Å². The van der Waals surface area contributed by atoms with E-state index in [0.29, 0.717) is 5.56 Å². The number of ketones is 1. The maximum atomic E-state index is 15.9. The lowest BCUT2D eigenvalue weighted by Crippen LogP contribution is -2.82. The van der Waals surface area contributed by atoms with Gasteiger partial charge in [0.05, 0.1) is 46.9 Å². The first-order valence-electron chi connectivity index (χ1n) is 25.6. The fraction of sp³-hybridized carbons (Fsp3) is 0.526. The molecule has 3 aromatic rings. The zero-order valence-electron chi connectivity index (χ0n) is 45.8. The minimum Gasteiger partial charge on any atom is -0.456 e. The Hall–Kier alpha value is -6.13. The highest BCUT2D eigenvalue weighted by Crippen LogP contribution is 2.64. The molecule has 0 spiro atoms. The SMILES string of the molecule is CC(=O)O[C@H]1C(=O)[C@@]2(C)[C@H]([C@H](OC(=O)c3ccccc3)[C@]3(O)C[C@H](OC(=O)[C@H](O[Si](OC(C)=O)(OC(C)(C)C)OC(C)(C)C)[C@@H](NC(=O)c4ccccc4)c4ccccc4)C(C)=C1C3(C)C)[C@]1(OC(C)=O)CO[C@@H]1C[C@@H]2O. The van der Waals surface area contributed by atoms with Crippen LogP contribution in [0.3, 0.4) is 0 Å². The Labute approximate surface area is 449 Å². The first kappa shape index (κ1) is 58.5. The van der Waals surface area contributed by atoms with Crippen molar-refractivity contribution in [1.29, 1.82) is 0 Å². The van der Waals surface area contributed by atoms with Crippen LogP contribution in [0.25, 0.3) is 0 Å². The molecule has 1 aliphatic heterocycles. The Bertz CT molecular complexity index is 2760. The number of aliphatic hydroxyl groups is 2. The van der Waals surface area contributed by atoms with Crippen molar-refractivity contribution in [3.8, 4) is 0 Å². The molecule has 20 heteroatoms. The monoisotopic (exact) mass is 1090 g/mol. The number of benzene rings is 3. The van der Waals surface area contributed by atoms with Gasteiger partial charge in [0, 0.05) is 44.6 Å². The molecule has 77 heavy (non-hydrogen) atoms. The van der Waals surface area contributed by atoms with E-state index in [-0.39, 0.29) is 35.3 Å². The number of Topliss-reactive ketones (excluding diaryl/α,β-unsaturated/α-hetero) is 1. The molecule has 3 fully saturated rings. The highest BCUT2D eigenvalue weighted by molar-refractivity contribution is 6.56. The van der Waals surface area contributed by atoms with Crippen molar-refractivity contribution in [3.63, 3.8) is 0 Å². The number of nitrogens with one attached hydrogen (secondary N) is 1. The summed E-state index contributed by atoms with van der Waals surface area (Å²) in [6.45, 7) is 18.9. The van der Waals surface area contributed by atoms with E-state index in [1.807, 2.05) is 0 Å².